The van der Waals surface area contributed by atoms with Gasteiger partial charge in [-0.1, -0.05) is 13.8 Å². The van der Waals surface area contributed by atoms with Crippen molar-refractivity contribution in [2.24, 2.45) is 5.92 Å². The van der Waals surface area contributed by atoms with Gasteiger partial charge in [-0.15, -0.1) is 0 Å². The van der Waals surface area contributed by atoms with Crippen LogP contribution in [0.15, 0.2) is 0 Å². The maximum Gasteiger partial charge on any atom is 0.252 e. The van der Waals surface area contributed by atoms with Crippen molar-refractivity contribution in [1.29, 1.82) is 0 Å². The van der Waals surface area contributed by atoms with E-state index in [1.54, 1.807) is 7.11 Å². The first kappa shape index (κ1) is 13.5. The number of hydrogen-bond donors (Lipinski definition) is 2. The zero-order chi connectivity index (χ0) is 12.2. The number of piperidine rings is 1. The minimum atomic E-state index is -0.617. The van der Waals surface area contributed by atoms with Crippen LogP contribution in [0.25, 0.3) is 0 Å². The van der Waals surface area contributed by atoms with E-state index in [2.05, 4.69) is 24.5 Å². The Morgan fingerprint density at radius 1 is 1.31 bits per heavy atom. The van der Waals surface area contributed by atoms with Crippen molar-refractivity contribution in [2.45, 2.75) is 45.3 Å². The zero-order valence-corrected chi connectivity index (χ0v) is 10.8. The molecule has 1 amide bonds. The smallest absolute Gasteiger partial charge is 0.252 e. The maximum absolute atomic E-state index is 12.2. The van der Waals surface area contributed by atoms with Gasteiger partial charge >= 0.3 is 0 Å². The largest absolute Gasteiger partial charge is 0.368 e. The molecule has 1 saturated heterocycles. The molecule has 0 bridgehead atoms. The first-order chi connectivity index (χ1) is 7.52. The van der Waals surface area contributed by atoms with Crippen LogP contribution in [0.1, 0.15) is 33.6 Å². The molecule has 0 spiro atoms. The van der Waals surface area contributed by atoms with Gasteiger partial charge in [0.1, 0.15) is 5.60 Å². The molecule has 2 N–H and O–H groups in total. The summed E-state index contributed by atoms with van der Waals surface area (Å²) < 4.78 is 5.47. The predicted octanol–water partition coefficient (Wildman–Crippen LogP) is 0.916. The van der Waals surface area contributed by atoms with Gasteiger partial charge in [0.05, 0.1) is 0 Å². The lowest BCUT2D eigenvalue weighted by atomic mass is 9.90. The second kappa shape index (κ2) is 5.64. The third-order valence-corrected chi connectivity index (χ3v) is 3.57. The lowest BCUT2D eigenvalue weighted by molar-refractivity contribution is -0.147. The minimum absolute atomic E-state index is 0.0395. The molecule has 0 radical (unpaired) electrons. The van der Waals surface area contributed by atoms with Gasteiger partial charge in [0.25, 0.3) is 5.91 Å². The Hall–Kier alpha value is -0.610. The summed E-state index contributed by atoms with van der Waals surface area (Å²) in [5.41, 5.74) is -0.617. The quantitative estimate of drug-likeness (QED) is 0.752. The summed E-state index contributed by atoms with van der Waals surface area (Å²) in [7, 11) is 1.63. The molecule has 0 aliphatic carbocycles. The normalized spacial score (nSPS) is 21.8. The van der Waals surface area contributed by atoms with Crippen molar-refractivity contribution < 1.29 is 9.53 Å². The highest BCUT2D eigenvalue weighted by Crippen LogP contribution is 2.23. The topological polar surface area (TPSA) is 50.4 Å². The molecule has 0 saturated carbocycles. The summed E-state index contributed by atoms with van der Waals surface area (Å²) >= 11 is 0. The fraction of sp³-hybridized carbons (Fsp3) is 0.917. The second-order valence-electron chi connectivity index (χ2n) is 4.95. The van der Waals surface area contributed by atoms with Crippen molar-refractivity contribution in [1.82, 2.24) is 10.6 Å². The Kier molecular flexibility index (Phi) is 4.74. The molecule has 1 rings (SSSR count). The van der Waals surface area contributed by atoms with Crippen LogP contribution < -0.4 is 10.6 Å². The first-order valence-corrected chi connectivity index (χ1v) is 6.08. The average Bonchev–Trinajstić information content (AvgIpc) is 2.29. The van der Waals surface area contributed by atoms with Crippen LogP contribution in [0.4, 0.5) is 0 Å². The Morgan fingerprint density at radius 2 is 1.88 bits per heavy atom. The molecule has 1 aliphatic rings. The summed E-state index contributed by atoms with van der Waals surface area (Å²) in [5.74, 6) is 0.484. The molecule has 4 nitrogen and oxygen atoms in total. The number of ether oxygens (including phenoxy) is 1. The standard InChI is InChI=1S/C12H24N2O2/c1-9(2)10(3)14-11(15)12(16-4)5-7-13-8-6-12/h9-10,13H,5-8H2,1-4H3,(H,14,15). The van der Waals surface area contributed by atoms with Gasteiger partial charge in [-0.3, -0.25) is 4.79 Å². The molecule has 0 aromatic heterocycles. The van der Waals surface area contributed by atoms with E-state index in [9.17, 15) is 4.79 Å². The molecule has 1 unspecified atom stereocenters. The van der Waals surface area contributed by atoms with Crippen molar-refractivity contribution >= 4 is 5.91 Å². The number of hydrogen-bond acceptors (Lipinski definition) is 3. The molecule has 1 atom stereocenters. The van der Waals surface area contributed by atoms with Crippen molar-refractivity contribution in [3.63, 3.8) is 0 Å². The van der Waals surface area contributed by atoms with Crippen LogP contribution in [-0.2, 0) is 9.53 Å². The number of amides is 1. The van der Waals surface area contributed by atoms with E-state index < -0.39 is 5.60 Å². The van der Waals surface area contributed by atoms with Crippen LogP contribution in [-0.4, -0.2) is 37.7 Å². The number of methoxy groups -OCH3 is 1. The number of carbonyl (C=O) groups is 1. The van der Waals surface area contributed by atoms with Crippen molar-refractivity contribution in [2.75, 3.05) is 20.2 Å². The van der Waals surface area contributed by atoms with E-state index in [1.807, 2.05) is 6.92 Å². The van der Waals surface area contributed by atoms with E-state index in [0.717, 1.165) is 25.9 Å². The van der Waals surface area contributed by atoms with Crippen LogP contribution in [0.3, 0.4) is 0 Å². The molecule has 1 heterocycles. The van der Waals surface area contributed by atoms with E-state index in [1.165, 1.54) is 0 Å². The Balaban J connectivity index is 2.61. The SMILES string of the molecule is COC1(C(=O)NC(C)C(C)C)CCNCC1. The van der Waals surface area contributed by atoms with Crippen LogP contribution in [0.5, 0.6) is 0 Å². The number of rotatable bonds is 4. The van der Waals surface area contributed by atoms with E-state index in [0.29, 0.717) is 5.92 Å². The molecule has 0 aromatic rings. The average molecular weight is 228 g/mol. The molecule has 16 heavy (non-hydrogen) atoms. The van der Waals surface area contributed by atoms with E-state index in [4.69, 9.17) is 4.74 Å². The molecule has 0 aromatic carbocycles. The van der Waals surface area contributed by atoms with Gasteiger partial charge in [0.15, 0.2) is 0 Å². The highest BCUT2D eigenvalue weighted by atomic mass is 16.5. The zero-order valence-electron chi connectivity index (χ0n) is 10.8. The summed E-state index contributed by atoms with van der Waals surface area (Å²) in [4.78, 5) is 12.2. The monoisotopic (exact) mass is 228 g/mol. The van der Waals surface area contributed by atoms with Gasteiger partial charge in [0.2, 0.25) is 0 Å². The third kappa shape index (κ3) is 2.95. The van der Waals surface area contributed by atoms with Gasteiger partial charge in [-0.2, -0.15) is 0 Å². The predicted molar refractivity (Wildman–Crippen MR) is 64.3 cm³/mol. The molecule has 1 aliphatic heterocycles. The number of nitrogens with one attached hydrogen (secondary N) is 2. The lowest BCUT2D eigenvalue weighted by Crippen LogP contribution is -2.56. The van der Waals surface area contributed by atoms with Crippen LogP contribution in [0.2, 0.25) is 0 Å². The van der Waals surface area contributed by atoms with Gasteiger partial charge in [0, 0.05) is 13.2 Å². The van der Waals surface area contributed by atoms with Gasteiger partial charge in [-0.05, 0) is 38.8 Å². The highest BCUT2D eigenvalue weighted by molar-refractivity contribution is 5.85. The fourth-order valence-corrected chi connectivity index (χ4v) is 1.86. The molecular weight excluding hydrogens is 204 g/mol. The van der Waals surface area contributed by atoms with Crippen molar-refractivity contribution in [3.8, 4) is 0 Å². The molecule has 4 heteroatoms. The molecule has 94 valence electrons. The lowest BCUT2D eigenvalue weighted by Gasteiger charge is -2.36. The summed E-state index contributed by atoms with van der Waals surface area (Å²) in [5, 5.41) is 6.29. The maximum atomic E-state index is 12.2. The molecule has 1 fully saturated rings. The molecular formula is C12H24N2O2. The van der Waals surface area contributed by atoms with E-state index >= 15 is 0 Å². The first-order valence-electron chi connectivity index (χ1n) is 6.08. The Morgan fingerprint density at radius 3 is 2.31 bits per heavy atom. The second-order valence-corrected chi connectivity index (χ2v) is 4.95. The fourth-order valence-electron chi connectivity index (χ4n) is 1.86. The third-order valence-electron chi connectivity index (χ3n) is 3.57. The summed E-state index contributed by atoms with van der Waals surface area (Å²) in [6.45, 7) is 7.93. The van der Waals surface area contributed by atoms with Gasteiger partial charge in [-0.25, -0.2) is 0 Å². The Bertz CT molecular complexity index is 235. The number of carbonyl (C=O) groups excluding carboxylic acids is 1. The van der Waals surface area contributed by atoms with Gasteiger partial charge < -0.3 is 15.4 Å². The van der Waals surface area contributed by atoms with E-state index in [-0.39, 0.29) is 11.9 Å². The minimum Gasteiger partial charge on any atom is -0.368 e. The van der Waals surface area contributed by atoms with Crippen LogP contribution >= 0.6 is 0 Å². The Labute approximate surface area is 98.1 Å². The van der Waals surface area contributed by atoms with Crippen molar-refractivity contribution in [3.05, 3.63) is 0 Å². The summed E-state index contributed by atoms with van der Waals surface area (Å²) in [6, 6.07) is 0.189. The summed E-state index contributed by atoms with van der Waals surface area (Å²) in [6.07, 6.45) is 1.50. The highest BCUT2D eigenvalue weighted by Gasteiger charge is 2.40. The van der Waals surface area contributed by atoms with Crippen LogP contribution in [0, 0.1) is 5.92 Å².